The Bertz CT molecular complexity index is 559. The van der Waals surface area contributed by atoms with Crippen LogP contribution in [0.5, 0.6) is 0 Å². The molecule has 1 aromatic rings. The van der Waals surface area contributed by atoms with E-state index in [1.807, 2.05) is 0 Å². The van der Waals surface area contributed by atoms with Crippen molar-refractivity contribution >= 4 is 34.4 Å². The monoisotopic (exact) mass is 292 g/mol. The smallest absolute Gasteiger partial charge is 0.253 e. The molecule has 0 bridgehead atoms. The average molecular weight is 292 g/mol. The fraction of sp³-hybridized carbons (Fsp3) is 0.357. The topological polar surface area (TPSA) is 66.5 Å². The maximum absolute atomic E-state index is 12.1. The fourth-order valence-corrected chi connectivity index (χ4v) is 3.18. The molecule has 5 nitrogen and oxygen atoms in total. The molecule has 2 amide bonds. The van der Waals surface area contributed by atoms with E-state index in [2.05, 4.69) is 5.32 Å². The van der Waals surface area contributed by atoms with E-state index in [0.29, 0.717) is 24.2 Å². The van der Waals surface area contributed by atoms with Crippen LogP contribution in [-0.2, 0) is 9.59 Å². The van der Waals surface area contributed by atoms with Crippen molar-refractivity contribution in [1.82, 2.24) is 5.32 Å². The van der Waals surface area contributed by atoms with Gasteiger partial charge >= 0.3 is 0 Å². The lowest BCUT2D eigenvalue weighted by molar-refractivity contribution is -0.117. The van der Waals surface area contributed by atoms with Crippen LogP contribution in [0.25, 0.3) is 0 Å². The molecule has 0 aliphatic carbocycles. The van der Waals surface area contributed by atoms with Gasteiger partial charge in [0.1, 0.15) is 0 Å². The van der Waals surface area contributed by atoms with Crippen LogP contribution in [0.3, 0.4) is 0 Å². The number of hydrogen-bond donors (Lipinski definition) is 1. The van der Waals surface area contributed by atoms with Gasteiger partial charge in [-0.3, -0.25) is 14.4 Å². The summed E-state index contributed by atoms with van der Waals surface area (Å²) < 4.78 is 0. The van der Waals surface area contributed by atoms with Gasteiger partial charge in [0.05, 0.1) is 11.3 Å². The number of rotatable bonds is 3. The Morgan fingerprint density at radius 1 is 1.35 bits per heavy atom. The van der Waals surface area contributed by atoms with Crippen LogP contribution in [0.4, 0.5) is 5.69 Å². The highest BCUT2D eigenvalue weighted by atomic mass is 32.2. The molecule has 0 aromatic heterocycles. The highest BCUT2D eigenvalue weighted by Gasteiger charge is 2.33. The highest BCUT2D eigenvalue weighted by Crippen LogP contribution is 2.30. The largest absolute Gasteiger partial charge is 0.355 e. The molecule has 1 atom stereocenters. The van der Waals surface area contributed by atoms with E-state index in [1.54, 1.807) is 36.2 Å². The summed E-state index contributed by atoms with van der Waals surface area (Å²) in [5, 5.41) is 2.53. The third-order valence-corrected chi connectivity index (χ3v) is 4.07. The Balaban J connectivity index is 2.26. The first kappa shape index (κ1) is 14.6. The Morgan fingerprint density at radius 3 is 2.70 bits per heavy atom. The van der Waals surface area contributed by atoms with Gasteiger partial charge in [-0.05, 0) is 12.1 Å². The quantitative estimate of drug-likeness (QED) is 0.915. The van der Waals surface area contributed by atoms with Gasteiger partial charge in [-0.15, -0.1) is 0 Å². The summed E-state index contributed by atoms with van der Waals surface area (Å²) in [6.07, 6.45) is 0.326. The number of para-hydroxylation sites is 1. The average Bonchev–Trinajstić information content (AvgIpc) is 2.77. The molecule has 1 unspecified atom stereocenters. The predicted molar refractivity (Wildman–Crippen MR) is 78.9 cm³/mol. The van der Waals surface area contributed by atoms with Crippen LogP contribution in [0.1, 0.15) is 23.7 Å². The second kappa shape index (κ2) is 6.09. The molecule has 20 heavy (non-hydrogen) atoms. The summed E-state index contributed by atoms with van der Waals surface area (Å²) in [7, 11) is 1.55. The summed E-state index contributed by atoms with van der Waals surface area (Å²) in [5.41, 5.74) is 1.07. The first-order valence-electron chi connectivity index (χ1n) is 6.31. The van der Waals surface area contributed by atoms with Crippen molar-refractivity contribution in [1.29, 1.82) is 0 Å². The maximum Gasteiger partial charge on any atom is 0.253 e. The Morgan fingerprint density at radius 2 is 2.05 bits per heavy atom. The second-order valence-electron chi connectivity index (χ2n) is 4.54. The van der Waals surface area contributed by atoms with Crippen LogP contribution in [0.2, 0.25) is 0 Å². The SMILES string of the molecule is CNC(=O)c1ccccc1N1CC(SC(C)=O)CC1=O. The molecular formula is C14H16N2O3S. The van der Waals surface area contributed by atoms with Crippen LogP contribution in [-0.4, -0.2) is 35.8 Å². The van der Waals surface area contributed by atoms with Gasteiger partial charge in [-0.2, -0.15) is 0 Å². The molecule has 0 radical (unpaired) electrons. The first-order chi connectivity index (χ1) is 9.52. The van der Waals surface area contributed by atoms with Crippen LogP contribution in [0.15, 0.2) is 24.3 Å². The van der Waals surface area contributed by atoms with Crippen LogP contribution in [0, 0.1) is 0 Å². The number of carbonyl (C=O) groups excluding carboxylic acids is 3. The van der Waals surface area contributed by atoms with E-state index in [1.165, 1.54) is 18.7 Å². The summed E-state index contributed by atoms with van der Waals surface area (Å²) in [6.45, 7) is 1.95. The van der Waals surface area contributed by atoms with Gasteiger partial charge in [-0.25, -0.2) is 0 Å². The van der Waals surface area contributed by atoms with Crippen molar-refractivity contribution in [3.63, 3.8) is 0 Å². The zero-order chi connectivity index (χ0) is 14.7. The summed E-state index contributed by atoms with van der Waals surface area (Å²) in [4.78, 5) is 36.7. The van der Waals surface area contributed by atoms with E-state index in [-0.39, 0.29) is 22.2 Å². The molecule has 1 aromatic carbocycles. The molecule has 1 aliphatic rings. The number of benzene rings is 1. The normalized spacial score (nSPS) is 18.2. The fourth-order valence-electron chi connectivity index (χ4n) is 2.26. The number of thioether (sulfide) groups is 1. The van der Waals surface area contributed by atoms with Crippen molar-refractivity contribution < 1.29 is 14.4 Å². The third-order valence-electron chi connectivity index (χ3n) is 3.09. The van der Waals surface area contributed by atoms with Gasteiger partial charge in [0, 0.05) is 32.2 Å². The molecule has 0 spiro atoms. The van der Waals surface area contributed by atoms with Gasteiger partial charge in [-0.1, -0.05) is 23.9 Å². The van der Waals surface area contributed by atoms with Gasteiger partial charge in [0.25, 0.3) is 5.91 Å². The van der Waals surface area contributed by atoms with Gasteiger partial charge in [0.15, 0.2) is 5.12 Å². The Labute approximate surface area is 121 Å². The summed E-state index contributed by atoms with van der Waals surface area (Å²) in [5.74, 6) is -0.281. The lowest BCUT2D eigenvalue weighted by atomic mass is 10.1. The van der Waals surface area contributed by atoms with Crippen LogP contribution >= 0.6 is 11.8 Å². The number of amides is 2. The lowest BCUT2D eigenvalue weighted by Gasteiger charge is -2.19. The molecule has 1 saturated heterocycles. The molecule has 106 valence electrons. The number of nitrogens with zero attached hydrogens (tertiary/aromatic N) is 1. The van der Waals surface area contributed by atoms with Crippen LogP contribution < -0.4 is 10.2 Å². The maximum atomic E-state index is 12.1. The summed E-state index contributed by atoms with van der Waals surface area (Å²) >= 11 is 1.18. The molecule has 1 fully saturated rings. The number of nitrogens with one attached hydrogen (secondary N) is 1. The van der Waals surface area contributed by atoms with Crippen molar-refractivity contribution in [2.24, 2.45) is 0 Å². The third kappa shape index (κ3) is 3.01. The molecular weight excluding hydrogens is 276 g/mol. The van der Waals surface area contributed by atoms with E-state index in [9.17, 15) is 14.4 Å². The van der Waals surface area contributed by atoms with E-state index in [4.69, 9.17) is 0 Å². The van der Waals surface area contributed by atoms with Gasteiger partial charge < -0.3 is 10.2 Å². The molecule has 1 N–H and O–H groups in total. The summed E-state index contributed by atoms with van der Waals surface area (Å²) in [6, 6.07) is 6.99. The Hall–Kier alpha value is -1.82. The second-order valence-corrected chi connectivity index (χ2v) is 6.01. The van der Waals surface area contributed by atoms with Crippen molar-refractivity contribution in [2.75, 3.05) is 18.5 Å². The minimum Gasteiger partial charge on any atom is -0.355 e. The number of hydrogen-bond acceptors (Lipinski definition) is 4. The van der Waals surface area contributed by atoms with Crippen molar-refractivity contribution in [3.8, 4) is 0 Å². The van der Waals surface area contributed by atoms with Gasteiger partial charge in [0.2, 0.25) is 5.91 Å². The first-order valence-corrected chi connectivity index (χ1v) is 7.19. The standard InChI is InChI=1S/C14H16N2O3S/c1-9(17)20-10-7-13(18)16(8-10)12-6-4-3-5-11(12)14(19)15-2/h3-6,10H,7-8H2,1-2H3,(H,15,19). The predicted octanol–water partition coefficient (Wildman–Crippen LogP) is 1.43. The van der Waals surface area contributed by atoms with E-state index < -0.39 is 0 Å². The molecule has 1 aliphatic heterocycles. The van der Waals surface area contributed by atoms with E-state index >= 15 is 0 Å². The minimum atomic E-state index is -0.226. The molecule has 1 heterocycles. The molecule has 0 saturated carbocycles. The highest BCUT2D eigenvalue weighted by molar-refractivity contribution is 8.14. The van der Waals surface area contributed by atoms with E-state index in [0.717, 1.165) is 0 Å². The van der Waals surface area contributed by atoms with Crippen molar-refractivity contribution in [2.45, 2.75) is 18.6 Å². The zero-order valence-electron chi connectivity index (χ0n) is 11.4. The lowest BCUT2D eigenvalue weighted by Crippen LogP contribution is -2.29. The number of carbonyl (C=O) groups is 3. The zero-order valence-corrected chi connectivity index (χ0v) is 12.2. The Kier molecular flexibility index (Phi) is 4.44. The molecule has 6 heteroatoms. The number of anilines is 1. The van der Waals surface area contributed by atoms with Crippen molar-refractivity contribution in [3.05, 3.63) is 29.8 Å². The molecule has 2 rings (SSSR count). The minimum absolute atomic E-state index is 0.00392.